The number of hydrogen-bond acceptors (Lipinski definition) is 6. The summed E-state index contributed by atoms with van der Waals surface area (Å²) >= 11 is 4.82. The maximum atomic E-state index is 13.6. The highest BCUT2D eigenvalue weighted by molar-refractivity contribution is 9.10. The summed E-state index contributed by atoms with van der Waals surface area (Å²) in [5.41, 5.74) is 3.11. The molecule has 242 valence electrons. The quantitative estimate of drug-likeness (QED) is 0.0884. The molecule has 0 aromatic heterocycles. The van der Waals surface area contributed by atoms with Crippen molar-refractivity contribution in [2.75, 3.05) is 24.9 Å². The fourth-order valence-electron chi connectivity index (χ4n) is 4.64. The molecule has 0 aliphatic carbocycles. The lowest BCUT2D eigenvalue weighted by Crippen LogP contribution is -2.30. The first-order valence-corrected chi connectivity index (χ1v) is 16.5. The minimum Gasteiger partial charge on any atom is -0.493 e. The molecule has 0 fully saturated rings. The summed E-state index contributed by atoms with van der Waals surface area (Å²) in [6.45, 7) is 0. The van der Waals surface area contributed by atoms with Crippen LogP contribution in [-0.4, -0.2) is 31.9 Å². The first kappa shape index (κ1) is 34.0. The van der Waals surface area contributed by atoms with Gasteiger partial charge in [-0.2, -0.15) is 0 Å². The van der Waals surface area contributed by atoms with Gasteiger partial charge in [0.1, 0.15) is 10.9 Å². The van der Waals surface area contributed by atoms with Gasteiger partial charge >= 0.3 is 0 Å². The second-order valence-corrected chi connectivity index (χ2v) is 12.5. The maximum absolute atomic E-state index is 13.6. The van der Waals surface area contributed by atoms with E-state index in [1.54, 1.807) is 60.7 Å². The van der Waals surface area contributed by atoms with Crippen LogP contribution >= 0.6 is 27.7 Å². The van der Waals surface area contributed by atoms with Gasteiger partial charge in [0.2, 0.25) is 5.91 Å². The highest BCUT2D eigenvalue weighted by Gasteiger charge is 2.23. The Morgan fingerprint density at radius 3 is 1.96 bits per heavy atom. The molecule has 3 amide bonds. The van der Waals surface area contributed by atoms with Gasteiger partial charge in [-0.1, -0.05) is 70.5 Å². The number of carbonyl (C=O) groups excluding carboxylic acids is 3. The minimum absolute atomic E-state index is 0.0308. The summed E-state index contributed by atoms with van der Waals surface area (Å²) < 4.78 is 11.7. The topological polar surface area (TPSA) is 106 Å². The van der Waals surface area contributed by atoms with Crippen LogP contribution in [-0.2, 0) is 9.59 Å². The molecule has 1 atom stereocenters. The number of thioether (sulfide) groups is 1. The van der Waals surface area contributed by atoms with Gasteiger partial charge in [0, 0.05) is 26.3 Å². The number of carbonyl (C=O) groups is 3. The molecular formula is C38H32BrN3O5S. The van der Waals surface area contributed by atoms with E-state index < -0.39 is 17.1 Å². The van der Waals surface area contributed by atoms with Crippen molar-refractivity contribution in [1.29, 1.82) is 0 Å². The van der Waals surface area contributed by atoms with Gasteiger partial charge in [0.15, 0.2) is 11.5 Å². The van der Waals surface area contributed by atoms with Gasteiger partial charge in [-0.15, -0.1) is 11.8 Å². The molecule has 0 aliphatic heterocycles. The molecule has 3 N–H and O–H groups in total. The average Bonchev–Trinajstić information content (AvgIpc) is 3.12. The number of benzene rings is 5. The predicted octanol–water partition coefficient (Wildman–Crippen LogP) is 8.35. The lowest BCUT2D eigenvalue weighted by Gasteiger charge is -2.17. The third kappa shape index (κ3) is 9.15. The van der Waals surface area contributed by atoms with Gasteiger partial charge in [-0.05, 0) is 90.0 Å². The molecule has 0 aliphatic rings. The van der Waals surface area contributed by atoms with Crippen LogP contribution in [0.25, 0.3) is 6.08 Å². The Morgan fingerprint density at radius 1 is 0.708 bits per heavy atom. The van der Waals surface area contributed by atoms with E-state index in [2.05, 4.69) is 31.9 Å². The summed E-state index contributed by atoms with van der Waals surface area (Å²) in [6.07, 6.45) is 1.57. The van der Waals surface area contributed by atoms with Gasteiger partial charge < -0.3 is 25.4 Å². The molecule has 0 heterocycles. The number of nitrogens with one attached hydrogen (secondary N) is 3. The number of hydrogen-bond donors (Lipinski definition) is 3. The molecule has 48 heavy (non-hydrogen) atoms. The Kier molecular flexibility index (Phi) is 11.7. The van der Waals surface area contributed by atoms with E-state index in [1.165, 1.54) is 26.0 Å². The molecule has 1 unspecified atom stereocenters. The van der Waals surface area contributed by atoms with Crippen LogP contribution in [0.4, 0.5) is 11.4 Å². The van der Waals surface area contributed by atoms with E-state index in [4.69, 9.17) is 9.47 Å². The number of amides is 3. The van der Waals surface area contributed by atoms with Crippen LogP contribution in [0.15, 0.2) is 142 Å². The third-order valence-electron chi connectivity index (χ3n) is 7.07. The van der Waals surface area contributed by atoms with Crippen LogP contribution in [0.1, 0.15) is 26.7 Å². The third-order valence-corrected chi connectivity index (χ3v) is 8.86. The van der Waals surface area contributed by atoms with Crippen molar-refractivity contribution in [2.45, 2.75) is 10.1 Å². The Labute approximate surface area is 291 Å². The van der Waals surface area contributed by atoms with Crippen molar-refractivity contribution in [3.63, 3.8) is 0 Å². The molecule has 0 bridgehead atoms. The van der Waals surface area contributed by atoms with Crippen LogP contribution in [0.5, 0.6) is 11.5 Å². The number of rotatable bonds is 12. The summed E-state index contributed by atoms with van der Waals surface area (Å²) in [4.78, 5) is 40.9. The normalized spacial score (nSPS) is 11.6. The average molecular weight is 723 g/mol. The van der Waals surface area contributed by atoms with Crippen molar-refractivity contribution in [3.05, 3.63) is 154 Å². The monoisotopic (exact) mass is 721 g/mol. The molecule has 8 nitrogen and oxygen atoms in total. The van der Waals surface area contributed by atoms with Crippen molar-refractivity contribution in [3.8, 4) is 11.5 Å². The zero-order valence-electron chi connectivity index (χ0n) is 26.1. The first-order chi connectivity index (χ1) is 23.3. The fraction of sp³-hybridized carbons (Fsp3) is 0.0789. The summed E-state index contributed by atoms with van der Waals surface area (Å²) in [6, 6.07) is 38.0. The molecule has 0 saturated carbocycles. The zero-order valence-corrected chi connectivity index (χ0v) is 28.5. The van der Waals surface area contributed by atoms with Crippen molar-refractivity contribution >= 4 is 62.9 Å². The first-order valence-electron chi connectivity index (χ1n) is 14.8. The molecule has 5 rings (SSSR count). The molecule has 0 radical (unpaired) electrons. The standard InChI is InChI=1S/C38H32BrN3O5S/c1-46-33-22-13-25(24-34(33)47-2)23-32(42-36(43)27-11-7-4-8-12-27)37(44)40-30-18-20-31(21-19-30)48-35(26-9-5-3-6-10-26)38(45)41-29-16-14-28(39)15-17-29/h3-24,35H,1-2H3,(H,40,44)(H,41,45)(H,42,43)/b32-23-. The Bertz CT molecular complexity index is 1900. The van der Waals surface area contributed by atoms with Gasteiger partial charge in [-0.25, -0.2) is 0 Å². The Morgan fingerprint density at radius 2 is 1.31 bits per heavy atom. The Balaban J connectivity index is 1.35. The maximum Gasteiger partial charge on any atom is 0.272 e. The lowest BCUT2D eigenvalue weighted by atomic mass is 10.1. The predicted molar refractivity (Wildman–Crippen MR) is 194 cm³/mol. The molecule has 5 aromatic rings. The van der Waals surface area contributed by atoms with Crippen LogP contribution in [0.3, 0.4) is 0 Å². The van der Waals surface area contributed by atoms with Crippen LogP contribution in [0.2, 0.25) is 0 Å². The number of ether oxygens (including phenoxy) is 2. The van der Waals surface area contributed by atoms with E-state index in [1.807, 2.05) is 72.8 Å². The van der Waals surface area contributed by atoms with Crippen LogP contribution in [0, 0.1) is 0 Å². The van der Waals surface area contributed by atoms with Gasteiger partial charge in [0.05, 0.1) is 14.2 Å². The van der Waals surface area contributed by atoms with Gasteiger partial charge in [-0.3, -0.25) is 14.4 Å². The smallest absolute Gasteiger partial charge is 0.272 e. The van der Waals surface area contributed by atoms with Crippen molar-refractivity contribution in [1.82, 2.24) is 5.32 Å². The van der Waals surface area contributed by atoms with Crippen molar-refractivity contribution < 1.29 is 23.9 Å². The zero-order chi connectivity index (χ0) is 33.9. The summed E-state index contributed by atoms with van der Waals surface area (Å²) in [7, 11) is 3.06. The molecule has 5 aromatic carbocycles. The number of methoxy groups -OCH3 is 2. The highest BCUT2D eigenvalue weighted by atomic mass is 79.9. The minimum atomic E-state index is -0.528. The number of halogens is 1. The SMILES string of the molecule is COc1ccc(/C=C(\NC(=O)c2ccccc2)C(=O)Nc2ccc(SC(C(=O)Nc3ccc(Br)cc3)c3ccccc3)cc2)cc1OC. The molecule has 0 saturated heterocycles. The molecule has 0 spiro atoms. The van der Waals surface area contributed by atoms with E-state index >= 15 is 0 Å². The van der Waals surface area contributed by atoms with E-state index in [0.717, 1.165) is 14.9 Å². The molecular weight excluding hydrogens is 690 g/mol. The summed E-state index contributed by atoms with van der Waals surface area (Å²) in [5, 5.41) is 8.10. The highest BCUT2D eigenvalue weighted by Crippen LogP contribution is 2.37. The van der Waals surface area contributed by atoms with E-state index in [9.17, 15) is 14.4 Å². The second-order valence-electron chi connectivity index (χ2n) is 10.4. The van der Waals surface area contributed by atoms with Crippen LogP contribution < -0.4 is 25.4 Å². The van der Waals surface area contributed by atoms with Crippen molar-refractivity contribution in [2.24, 2.45) is 0 Å². The summed E-state index contributed by atoms with van der Waals surface area (Å²) in [5.74, 6) is -0.104. The fourth-order valence-corrected chi connectivity index (χ4v) is 5.93. The largest absolute Gasteiger partial charge is 0.493 e. The van der Waals surface area contributed by atoms with Gasteiger partial charge in [0.25, 0.3) is 11.8 Å². The second kappa shape index (κ2) is 16.5. The lowest BCUT2D eigenvalue weighted by molar-refractivity contribution is -0.116. The molecule has 10 heteroatoms. The van der Waals surface area contributed by atoms with E-state index in [-0.39, 0.29) is 11.6 Å². The van der Waals surface area contributed by atoms with E-state index in [0.29, 0.717) is 34.0 Å². The Hall–Kier alpha value is -5.32. The number of anilines is 2.